The Labute approximate surface area is 152 Å². The largest absolute Gasteiger partial charge is 0.325 e. The second-order valence-corrected chi connectivity index (χ2v) is 8.00. The summed E-state index contributed by atoms with van der Waals surface area (Å²) in [5.74, 6) is -0.663. The summed E-state index contributed by atoms with van der Waals surface area (Å²) in [4.78, 5) is 26.9. The quantitative estimate of drug-likeness (QED) is 0.601. The minimum Gasteiger partial charge on any atom is -0.325 e. The van der Waals surface area contributed by atoms with Crippen LogP contribution in [0.3, 0.4) is 0 Å². The SMILES string of the molecule is CCCCN1C(=O)C(=CC2C(=O)Nc3ccc(Br)cc32)SC1=S. The highest BCUT2D eigenvalue weighted by atomic mass is 79.9. The summed E-state index contributed by atoms with van der Waals surface area (Å²) < 4.78 is 1.48. The van der Waals surface area contributed by atoms with E-state index in [1.165, 1.54) is 11.8 Å². The average molecular weight is 411 g/mol. The van der Waals surface area contributed by atoms with Gasteiger partial charge in [0.05, 0.1) is 10.8 Å². The molecule has 0 radical (unpaired) electrons. The monoisotopic (exact) mass is 410 g/mol. The number of halogens is 1. The highest BCUT2D eigenvalue weighted by Crippen LogP contribution is 2.39. The van der Waals surface area contributed by atoms with E-state index in [-0.39, 0.29) is 11.8 Å². The van der Waals surface area contributed by atoms with Crippen LogP contribution in [0.15, 0.2) is 33.7 Å². The first-order chi connectivity index (χ1) is 11.0. The second-order valence-electron chi connectivity index (χ2n) is 5.41. The summed E-state index contributed by atoms with van der Waals surface area (Å²) in [6.07, 6.45) is 3.65. The number of carbonyl (C=O) groups excluding carboxylic acids is 2. The van der Waals surface area contributed by atoms with Crippen LogP contribution in [0.25, 0.3) is 0 Å². The summed E-state index contributed by atoms with van der Waals surface area (Å²) in [5.41, 5.74) is 1.67. The zero-order chi connectivity index (χ0) is 16.6. The molecule has 0 spiro atoms. The summed E-state index contributed by atoms with van der Waals surface area (Å²) >= 11 is 10.00. The Morgan fingerprint density at radius 3 is 2.96 bits per heavy atom. The van der Waals surface area contributed by atoms with Crippen molar-refractivity contribution < 1.29 is 9.59 Å². The Balaban J connectivity index is 1.88. The number of fused-ring (bicyclic) bond motifs is 1. The van der Waals surface area contributed by atoms with Gasteiger partial charge in [0.2, 0.25) is 5.91 Å². The average Bonchev–Trinajstić information content (AvgIpc) is 2.96. The number of rotatable bonds is 4. The van der Waals surface area contributed by atoms with Crippen molar-refractivity contribution in [2.45, 2.75) is 25.7 Å². The maximum Gasteiger partial charge on any atom is 0.265 e. The first kappa shape index (κ1) is 16.7. The molecule has 2 heterocycles. The lowest BCUT2D eigenvalue weighted by molar-refractivity contribution is -0.122. The number of thioether (sulfide) groups is 1. The molecule has 1 aromatic carbocycles. The van der Waals surface area contributed by atoms with E-state index >= 15 is 0 Å². The minimum atomic E-state index is -0.456. The molecule has 2 amide bonds. The standard InChI is InChI=1S/C16H15BrN2O2S2/c1-2-3-6-19-15(21)13(23-16(19)22)8-11-10-7-9(17)4-5-12(10)18-14(11)20/h4-5,7-8,11H,2-3,6H2,1H3,(H,18,20). The van der Waals surface area contributed by atoms with Gasteiger partial charge in [0, 0.05) is 16.7 Å². The van der Waals surface area contributed by atoms with Gasteiger partial charge in [-0.3, -0.25) is 14.5 Å². The van der Waals surface area contributed by atoms with Crippen molar-refractivity contribution in [3.05, 3.63) is 39.2 Å². The number of nitrogens with zero attached hydrogens (tertiary/aromatic N) is 1. The third-order valence-electron chi connectivity index (χ3n) is 3.82. The predicted octanol–water partition coefficient (Wildman–Crippen LogP) is 4.03. The van der Waals surface area contributed by atoms with Gasteiger partial charge in [-0.1, -0.05) is 53.3 Å². The number of unbranched alkanes of at least 4 members (excludes halogenated alkanes) is 1. The summed E-state index contributed by atoms with van der Waals surface area (Å²) in [6.45, 7) is 2.71. The van der Waals surface area contributed by atoms with Gasteiger partial charge in [-0.25, -0.2) is 0 Å². The predicted molar refractivity (Wildman–Crippen MR) is 100 cm³/mol. The van der Waals surface area contributed by atoms with E-state index in [0.717, 1.165) is 28.6 Å². The lowest BCUT2D eigenvalue weighted by Crippen LogP contribution is -2.29. The first-order valence-corrected chi connectivity index (χ1v) is 9.39. The number of thiocarbonyl (C=S) groups is 1. The van der Waals surface area contributed by atoms with Gasteiger partial charge in [0.25, 0.3) is 5.91 Å². The lowest BCUT2D eigenvalue weighted by atomic mass is 10.00. The highest BCUT2D eigenvalue weighted by molar-refractivity contribution is 9.10. The van der Waals surface area contributed by atoms with Crippen LogP contribution < -0.4 is 5.32 Å². The Morgan fingerprint density at radius 2 is 2.22 bits per heavy atom. The summed E-state index contributed by atoms with van der Waals surface area (Å²) in [6, 6.07) is 5.65. The maximum absolute atomic E-state index is 12.5. The van der Waals surface area contributed by atoms with Crippen LogP contribution in [0.4, 0.5) is 5.69 Å². The third kappa shape index (κ3) is 3.22. The normalized spacial score (nSPS) is 22.0. The van der Waals surface area contributed by atoms with Gasteiger partial charge < -0.3 is 5.32 Å². The zero-order valence-corrected chi connectivity index (χ0v) is 15.7. The van der Waals surface area contributed by atoms with Crippen LogP contribution in [0.1, 0.15) is 31.2 Å². The van der Waals surface area contributed by atoms with Crippen molar-refractivity contribution in [3.63, 3.8) is 0 Å². The van der Waals surface area contributed by atoms with E-state index in [9.17, 15) is 9.59 Å². The van der Waals surface area contributed by atoms with E-state index in [2.05, 4.69) is 28.2 Å². The van der Waals surface area contributed by atoms with Crippen molar-refractivity contribution in [2.75, 3.05) is 11.9 Å². The fourth-order valence-corrected chi connectivity index (χ4v) is 4.29. The molecule has 0 saturated carbocycles. The number of amides is 2. The van der Waals surface area contributed by atoms with Gasteiger partial charge >= 0.3 is 0 Å². The smallest absolute Gasteiger partial charge is 0.265 e. The van der Waals surface area contributed by atoms with E-state index < -0.39 is 5.92 Å². The Hall–Kier alpha value is -1.18. The molecule has 4 nitrogen and oxygen atoms in total. The van der Waals surface area contributed by atoms with Crippen LogP contribution in [-0.2, 0) is 9.59 Å². The molecular formula is C16H15BrN2O2S2. The molecule has 0 aromatic heterocycles. The van der Waals surface area contributed by atoms with E-state index in [0.29, 0.717) is 15.8 Å². The molecular weight excluding hydrogens is 396 g/mol. The number of nitrogens with one attached hydrogen (secondary N) is 1. The van der Waals surface area contributed by atoms with Crippen molar-refractivity contribution in [2.24, 2.45) is 0 Å². The lowest BCUT2D eigenvalue weighted by Gasteiger charge is -2.13. The van der Waals surface area contributed by atoms with Gasteiger partial charge in [-0.15, -0.1) is 0 Å². The van der Waals surface area contributed by atoms with Crippen LogP contribution >= 0.6 is 39.9 Å². The van der Waals surface area contributed by atoms with E-state index in [4.69, 9.17) is 12.2 Å². The number of carbonyl (C=O) groups is 2. The molecule has 1 fully saturated rings. The Kier molecular flexibility index (Phi) is 4.89. The Bertz CT molecular complexity index is 733. The number of hydrogen-bond donors (Lipinski definition) is 1. The molecule has 1 aromatic rings. The summed E-state index contributed by atoms with van der Waals surface area (Å²) in [7, 11) is 0. The second kappa shape index (κ2) is 6.75. The zero-order valence-electron chi connectivity index (χ0n) is 12.5. The van der Waals surface area contributed by atoms with Crippen molar-refractivity contribution in [1.29, 1.82) is 0 Å². The molecule has 1 N–H and O–H groups in total. The molecule has 0 bridgehead atoms. The molecule has 3 rings (SSSR count). The van der Waals surface area contributed by atoms with Crippen LogP contribution in [-0.4, -0.2) is 27.6 Å². The molecule has 2 aliphatic rings. The van der Waals surface area contributed by atoms with E-state index in [1.807, 2.05) is 18.2 Å². The first-order valence-electron chi connectivity index (χ1n) is 7.37. The minimum absolute atomic E-state index is 0.0929. The third-order valence-corrected chi connectivity index (χ3v) is 5.71. The van der Waals surface area contributed by atoms with Crippen molar-refractivity contribution in [3.8, 4) is 0 Å². The molecule has 0 aliphatic carbocycles. The van der Waals surface area contributed by atoms with Gasteiger partial charge in [0.1, 0.15) is 4.32 Å². The van der Waals surface area contributed by atoms with Gasteiger partial charge in [0.15, 0.2) is 0 Å². The molecule has 23 heavy (non-hydrogen) atoms. The van der Waals surface area contributed by atoms with Crippen molar-refractivity contribution >= 4 is 61.7 Å². The molecule has 7 heteroatoms. The van der Waals surface area contributed by atoms with Crippen LogP contribution in [0, 0.1) is 0 Å². The Morgan fingerprint density at radius 1 is 1.43 bits per heavy atom. The topological polar surface area (TPSA) is 49.4 Å². The highest BCUT2D eigenvalue weighted by Gasteiger charge is 2.35. The number of benzene rings is 1. The number of hydrogen-bond acceptors (Lipinski definition) is 4. The maximum atomic E-state index is 12.5. The van der Waals surface area contributed by atoms with Gasteiger partial charge in [-0.2, -0.15) is 0 Å². The van der Waals surface area contributed by atoms with Crippen molar-refractivity contribution in [1.82, 2.24) is 4.90 Å². The molecule has 120 valence electrons. The fraction of sp³-hybridized carbons (Fsp3) is 0.312. The number of anilines is 1. The van der Waals surface area contributed by atoms with Crippen LogP contribution in [0.5, 0.6) is 0 Å². The van der Waals surface area contributed by atoms with E-state index in [1.54, 1.807) is 11.0 Å². The fourth-order valence-electron chi connectivity index (χ4n) is 2.60. The summed E-state index contributed by atoms with van der Waals surface area (Å²) in [5, 5.41) is 2.85. The molecule has 1 atom stereocenters. The van der Waals surface area contributed by atoms with Gasteiger partial charge in [-0.05, 0) is 36.3 Å². The molecule has 1 unspecified atom stereocenters. The van der Waals surface area contributed by atoms with Crippen LogP contribution in [0.2, 0.25) is 0 Å². The molecule has 1 saturated heterocycles. The molecule has 2 aliphatic heterocycles.